The molecule has 18 heavy (non-hydrogen) atoms. The molecule has 0 amide bonds. The molecule has 0 bridgehead atoms. The first-order valence-corrected chi connectivity index (χ1v) is 7.91. The summed E-state index contributed by atoms with van der Waals surface area (Å²) in [6.45, 7) is 0.0541. The molecule has 1 aromatic rings. The number of nitrogens with one attached hydrogen (secondary N) is 1. The number of rotatable bonds is 5. The standard InChI is InChI=1S/C13H19NO3S/c15-9-12-7-4-8-13(12)14-18(16,17)10-11-5-2-1-3-6-11/h1-3,5-6,12-15H,4,7-10H2. The van der Waals surface area contributed by atoms with Crippen LogP contribution < -0.4 is 4.72 Å². The van der Waals surface area contributed by atoms with Crippen LogP contribution in [0.1, 0.15) is 24.8 Å². The molecule has 0 heterocycles. The molecule has 1 aliphatic carbocycles. The van der Waals surface area contributed by atoms with Crippen molar-refractivity contribution in [3.8, 4) is 0 Å². The second-order valence-corrected chi connectivity index (χ2v) is 6.60. The zero-order chi connectivity index (χ0) is 13.0. The first kappa shape index (κ1) is 13.5. The number of aliphatic hydroxyl groups excluding tert-OH is 1. The molecule has 2 atom stereocenters. The Morgan fingerprint density at radius 1 is 1.22 bits per heavy atom. The van der Waals surface area contributed by atoms with Crippen LogP contribution in [0.3, 0.4) is 0 Å². The Morgan fingerprint density at radius 2 is 1.94 bits per heavy atom. The van der Waals surface area contributed by atoms with Gasteiger partial charge in [0.2, 0.25) is 10.0 Å². The highest BCUT2D eigenvalue weighted by Crippen LogP contribution is 2.25. The minimum Gasteiger partial charge on any atom is -0.396 e. The summed E-state index contributed by atoms with van der Waals surface area (Å²) in [6.07, 6.45) is 2.69. The Labute approximate surface area is 108 Å². The predicted molar refractivity (Wildman–Crippen MR) is 70.4 cm³/mol. The van der Waals surface area contributed by atoms with Crippen LogP contribution in [0.2, 0.25) is 0 Å². The molecule has 2 rings (SSSR count). The molecule has 0 spiro atoms. The minimum absolute atomic E-state index is 0.00247. The number of aliphatic hydroxyl groups is 1. The molecule has 2 unspecified atom stereocenters. The molecule has 1 saturated carbocycles. The molecular weight excluding hydrogens is 250 g/mol. The largest absolute Gasteiger partial charge is 0.396 e. The van der Waals surface area contributed by atoms with E-state index in [-0.39, 0.29) is 24.3 Å². The van der Waals surface area contributed by atoms with Crippen molar-refractivity contribution in [2.75, 3.05) is 6.61 Å². The van der Waals surface area contributed by atoms with Crippen molar-refractivity contribution in [3.05, 3.63) is 35.9 Å². The molecule has 0 aromatic heterocycles. The zero-order valence-electron chi connectivity index (χ0n) is 10.2. The van der Waals surface area contributed by atoms with Gasteiger partial charge >= 0.3 is 0 Å². The Morgan fingerprint density at radius 3 is 2.61 bits per heavy atom. The van der Waals surface area contributed by atoms with Gasteiger partial charge in [0, 0.05) is 12.6 Å². The molecule has 0 saturated heterocycles. The van der Waals surface area contributed by atoms with E-state index in [0.717, 1.165) is 24.8 Å². The van der Waals surface area contributed by atoms with Crippen LogP contribution >= 0.6 is 0 Å². The summed E-state index contributed by atoms with van der Waals surface area (Å²) < 4.78 is 26.8. The van der Waals surface area contributed by atoms with Crippen molar-refractivity contribution in [3.63, 3.8) is 0 Å². The highest BCUT2D eigenvalue weighted by molar-refractivity contribution is 7.88. The molecule has 100 valence electrons. The van der Waals surface area contributed by atoms with Crippen LogP contribution in [0.4, 0.5) is 0 Å². The van der Waals surface area contributed by atoms with E-state index in [1.165, 1.54) is 0 Å². The van der Waals surface area contributed by atoms with E-state index >= 15 is 0 Å². The maximum atomic E-state index is 12.0. The molecule has 2 N–H and O–H groups in total. The first-order valence-electron chi connectivity index (χ1n) is 6.25. The van der Waals surface area contributed by atoms with Gasteiger partial charge in [-0.2, -0.15) is 0 Å². The highest BCUT2D eigenvalue weighted by Gasteiger charge is 2.29. The van der Waals surface area contributed by atoms with Crippen LogP contribution in [-0.4, -0.2) is 26.2 Å². The summed E-state index contributed by atoms with van der Waals surface area (Å²) in [6, 6.07) is 9.02. The number of hydrogen-bond donors (Lipinski definition) is 2. The average molecular weight is 269 g/mol. The van der Waals surface area contributed by atoms with Gasteiger partial charge in [-0.05, 0) is 24.3 Å². The fourth-order valence-corrected chi connectivity index (χ4v) is 3.96. The molecule has 0 radical (unpaired) electrons. The molecule has 1 fully saturated rings. The summed E-state index contributed by atoms with van der Waals surface area (Å²) >= 11 is 0. The molecule has 1 aromatic carbocycles. The molecule has 1 aliphatic rings. The smallest absolute Gasteiger partial charge is 0.216 e. The Balaban J connectivity index is 1.99. The third kappa shape index (κ3) is 3.54. The van der Waals surface area contributed by atoms with Crippen molar-refractivity contribution < 1.29 is 13.5 Å². The van der Waals surface area contributed by atoms with Crippen molar-refractivity contribution >= 4 is 10.0 Å². The summed E-state index contributed by atoms with van der Waals surface area (Å²) in [5, 5.41) is 9.19. The molecule has 5 heteroatoms. The lowest BCUT2D eigenvalue weighted by Gasteiger charge is -2.18. The van der Waals surface area contributed by atoms with Gasteiger partial charge in [-0.15, -0.1) is 0 Å². The highest BCUT2D eigenvalue weighted by atomic mass is 32.2. The van der Waals surface area contributed by atoms with E-state index < -0.39 is 10.0 Å². The second-order valence-electron chi connectivity index (χ2n) is 4.84. The van der Waals surface area contributed by atoms with Crippen LogP contribution in [0.5, 0.6) is 0 Å². The summed E-state index contributed by atoms with van der Waals surface area (Å²) in [5.74, 6) is 0.0678. The van der Waals surface area contributed by atoms with Crippen LogP contribution in [0, 0.1) is 5.92 Å². The maximum Gasteiger partial charge on any atom is 0.216 e. The molecular formula is C13H19NO3S. The SMILES string of the molecule is O=S(=O)(Cc1ccccc1)NC1CCCC1CO. The zero-order valence-corrected chi connectivity index (χ0v) is 11.1. The van der Waals surface area contributed by atoms with Gasteiger partial charge in [-0.1, -0.05) is 36.8 Å². The van der Waals surface area contributed by atoms with Gasteiger partial charge in [0.1, 0.15) is 0 Å². The van der Waals surface area contributed by atoms with Crippen molar-refractivity contribution in [1.29, 1.82) is 0 Å². The minimum atomic E-state index is -3.32. The fourth-order valence-electron chi connectivity index (χ4n) is 2.48. The van der Waals surface area contributed by atoms with Gasteiger partial charge in [-0.3, -0.25) is 0 Å². The van der Waals surface area contributed by atoms with E-state index in [2.05, 4.69) is 4.72 Å². The third-order valence-electron chi connectivity index (χ3n) is 3.42. The van der Waals surface area contributed by atoms with Crippen LogP contribution in [0.15, 0.2) is 30.3 Å². The predicted octanol–water partition coefficient (Wildman–Crippen LogP) is 1.27. The number of benzene rings is 1. The average Bonchev–Trinajstić information content (AvgIpc) is 2.76. The van der Waals surface area contributed by atoms with Crippen molar-refractivity contribution in [2.24, 2.45) is 5.92 Å². The van der Waals surface area contributed by atoms with Crippen LogP contribution in [-0.2, 0) is 15.8 Å². The fraction of sp³-hybridized carbons (Fsp3) is 0.538. The first-order chi connectivity index (χ1) is 8.61. The molecule has 4 nitrogen and oxygen atoms in total. The molecule has 0 aliphatic heterocycles. The van der Waals surface area contributed by atoms with Gasteiger partial charge in [0.25, 0.3) is 0 Å². The van der Waals surface area contributed by atoms with E-state index in [4.69, 9.17) is 0 Å². The Hall–Kier alpha value is -0.910. The van der Waals surface area contributed by atoms with E-state index in [1.807, 2.05) is 18.2 Å². The second kappa shape index (κ2) is 5.82. The van der Waals surface area contributed by atoms with Crippen molar-refractivity contribution in [1.82, 2.24) is 4.72 Å². The van der Waals surface area contributed by atoms with Gasteiger partial charge in [0.15, 0.2) is 0 Å². The van der Waals surface area contributed by atoms with Crippen LogP contribution in [0.25, 0.3) is 0 Å². The topological polar surface area (TPSA) is 66.4 Å². The monoisotopic (exact) mass is 269 g/mol. The lowest BCUT2D eigenvalue weighted by atomic mass is 10.1. The lowest BCUT2D eigenvalue weighted by Crippen LogP contribution is -2.39. The van der Waals surface area contributed by atoms with Crippen molar-refractivity contribution in [2.45, 2.75) is 31.1 Å². The third-order valence-corrected chi connectivity index (χ3v) is 4.80. The summed E-state index contributed by atoms with van der Waals surface area (Å²) in [4.78, 5) is 0. The van der Waals surface area contributed by atoms with E-state index in [1.54, 1.807) is 12.1 Å². The van der Waals surface area contributed by atoms with Gasteiger partial charge in [0.05, 0.1) is 5.75 Å². The van der Waals surface area contributed by atoms with Gasteiger partial charge in [-0.25, -0.2) is 13.1 Å². The van der Waals surface area contributed by atoms with Gasteiger partial charge < -0.3 is 5.11 Å². The van der Waals surface area contributed by atoms with E-state index in [9.17, 15) is 13.5 Å². The summed E-state index contributed by atoms with van der Waals surface area (Å²) in [7, 11) is -3.32. The Bertz CT molecular complexity index is 472. The summed E-state index contributed by atoms with van der Waals surface area (Å²) in [5.41, 5.74) is 0.781. The number of sulfonamides is 1. The number of hydrogen-bond acceptors (Lipinski definition) is 3. The maximum absolute atomic E-state index is 12.0. The Kier molecular flexibility index (Phi) is 4.37. The van der Waals surface area contributed by atoms with E-state index in [0.29, 0.717) is 0 Å². The lowest BCUT2D eigenvalue weighted by molar-refractivity contribution is 0.213. The quantitative estimate of drug-likeness (QED) is 0.846. The normalized spacial score (nSPS) is 24.3.